The van der Waals surface area contributed by atoms with Gasteiger partial charge in [0.2, 0.25) is 0 Å². The summed E-state index contributed by atoms with van der Waals surface area (Å²) in [5.41, 5.74) is 1.63. The zero-order chi connectivity index (χ0) is 19.8. The average molecular weight is 387 g/mol. The van der Waals surface area contributed by atoms with Gasteiger partial charge >= 0.3 is 11.9 Å². The molecule has 0 aliphatic heterocycles. The Morgan fingerprint density at radius 1 is 0.963 bits per heavy atom. The van der Waals surface area contributed by atoms with E-state index in [-0.39, 0.29) is 17.3 Å². The maximum atomic E-state index is 12.1. The number of benzene rings is 2. The highest BCUT2D eigenvalue weighted by molar-refractivity contribution is 6.30. The lowest BCUT2D eigenvalue weighted by Crippen LogP contribution is -2.07. The zero-order valence-corrected chi connectivity index (χ0v) is 15.8. The monoisotopic (exact) mass is 386 g/mol. The number of rotatable bonds is 7. The Morgan fingerprint density at radius 2 is 1.67 bits per heavy atom. The maximum Gasteiger partial charge on any atom is 0.308 e. The molecule has 27 heavy (non-hydrogen) atoms. The van der Waals surface area contributed by atoms with E-state index in [2.05, 4.69) is 0 Å². The first-order chi connectivity index (χ1) is 12.8. The Hall–Kier alpha value is -2.92. The quantitative estimate of drug-likeness (QED) is 0.400. The van der Waals surface area contributed by atoms with Gasteiger partial charge in [0.15, 0.2) is 17.3 Å². The fraction of sp³-hybridized carbons (Fsp3) is 0.190. The third-order valence-electron chi connectivity index (χ3n) is 3.49. The minimum absolute atomic E-state index is 0.0481. The van der Waals surface area contributed by atoms with E-state index in [0.29, 0.717) is 23.4 Å². The number of hydrogen-bond donors (Lipinski definition) is 0. The Morgan fingerprint density at radius 3 is 2.33 bits per heavy atom. The smallest absolute Gasteiger partial charge is 0.308 e. The van der Waals surface area contributed by atoms with Crippen molar-refractivity contribution in [3.8, 4) is 11.5 Å². The first-order valence-corrected chi connectivity index (χ1v) is 8.67. The van der Waals surface area contributed by atoms with Crippen molar-refractivity contribution in [2.24, 2.45) is 0 Å². The first-order valence-electron chi connectivity index (χ1n) is 8.30. The molecule has 0 aliphatic carbocycles. The highest BCUT2D eigenvalue weighted by Gasteiger charge is 2.10. The summed E-state index contributed by atoms with van der Waals surface area (Å²) in [6, 6.07) is 12.1. The zero-order valence-electron chi connectivity index (χ0n) is 15.0. The van der Waals surface area contributed by atoms with Crippen LogP contribution in [0, 0.1) is 0 Å². The van der Waals surface area contributed by atoms with E-state index in [4.69, 9.17) is 21.1 Å². The second-order valence-electron chi connectivity index (χ2n) is 5.82. The van der Waals surface area contributed by atoms with Crippen LogP contribution in [0.25, 0.3) is 6.08 Å². The second-order valence-corrected chi connectivity index (χ2v) is 6.26. The molecule has 0 aromatic heterocycles. The molecule has 2 aromatic rings. The van der Waals surface area contributed by atoms with Gasteiger partial charge in [0.25, 0.3) is 0 Å². The molecule has 0 amide bonds. The highest BCUT2D eigenvalue weighted by atomic mass is 35.5. The Balaban J connectivity index is 2.05. The molecular formula is C21H19ClO5. The van der Waals surface area contributed by atoms with Crippen LogP contribution in [0.4, 0.5) is 0 Å². The van der Waals surface area contributed by atoms with E-state index in [1.54, 1.807) is 18.2 Å². The molecule has 140 valence electrons. The van der Waals surface area contributed by atoms with Crippen LogP contribution in [-0.4, -0.2) is 17.7 Å². The van der Waals surface area contributed by atoms with Crippen LogP contribution in [0.15, 0.2) is 48.5 Å². The standard InChI is InChI=1S/C21H19ClO5/c1-14(23)26-20-11-8-17(13-21(20)27-15(2)24)7-10-19(25)9-6-16-4-3-5-18(22)12-16/h3-5,7-8,10-13H,6,9H2,1-2H3/b10-7+. The normalized spacial score (nSPS) is 10.6. The van der Waals surface area contributed by atoms with E-state index in [0.717, 1.165) is 5.56 Å². The van der Waals surface area contributed by atoms with Gasteiger partial charge in [0, 0.05) is 25.3 Å². The molecule has 0 saturated heterocycles. The topological polar surface area (TPSA) is 69.7 Å². The third-order valence-corrected chi connectivity index (χ3v) is 3.72. The number of hydrogen-bond acceptors (Lipinski definition) is 5. The largest absolute Gasteiger partial charge is 0.423 e. The summed E-state index contributed by atoms with van der Waals surface area (Å²) in [4.78, 5) is 34.4. The van der Waals surface area contributed by atoms with Crippen molar-refractivity contribution in [3.63, 3.8) is 0 Å². The van der Waals surface area contributed by atoms with Crippen LogP contribution in [0.1, 0.15) is 31.4 Å². The molecule has 5 nitrogen and oxygen atoms in total. The van der Waals surface area contributed by atoms with Crippen molar-refractivity contribution in [1.82, 2.24) is 0 Å². The number of aryl methyl sites for hydroxylation is 1. The lowest BCUT2D eigenvalue weighted by molar-refractivity contribution is -0.134. The van der Waals surface area contributed by atoms with Gasteiger partial charge in [-0.25, -0.2) is 0 Å². The van der Waals surface area contributed by atoms with E-state index in [9.17, 15) is 14.4 Å². The van der Waals surface area contributed by atoms with Gasteiger partial charge in [0.1, 0.15) is 0 Å². The number of esters is 2. The molecule has 0 bridgehead atoms. The molecule has 0 radical (unpaired) electrons. The van der Waals surface area contributed by atoms with Crippen molar-refractivity contribution in [3.05, 3.63) is 64.7 Å². The Kier molecular flexibility index (Phi) is 7.32. The molecule has 6 heteroatoms. The van der Waals surface area contributed by atoms with Crippen molar-refractivity contribution in [1.29, 1.82) is 0 Å². The molecule has 0 N–H and O–H groups in total. The first kappa shape index (κ1) is 20.4. The summed E-state index contributed by atoms with van der Waals surface area (Å²) < 4.78 is 10.1. The number of allylic oxidation sites excluding steroid dienone is 1. The van der Waals surface area contributed by atoms with E-state index in [1.807, 2.05) is 18.2 Å². The molecule has 2 aromatic carbocycles. The lowest BCUT2D eigenvalue weighted by atomic mass is 10.1. The highest BCUT2D eigenvalue weighted by Crippen LogP contribution is 2.29. The van der Waals surface area contributed by atoms with Crippen LogP contribution < -0.4 is 9.47 Å². The summed E-state index contributed by atoms with van der Waals surface area (Å²) in [5, 5.41) is 0.640. The Bertz CT molecular complexity index is 886. The van der Waals surface area contributed by atoms with Crippen molar-refractivity contribution >= 4 is 35.4 Å². The van der Waals surface area contributed by atoms with Crippen LogP contribution in [0.2, 0.25) is 5.02 Å². The predicted molar refractivity (Wildman–Crippen MR) is 103 cm³/mol. The third kappa shape index (κ3) is 7.07. The van der Waals surface area contributed by atoms with Gasteiger partial charge in [-0.15, -0.1) is 0 Å². The van der Waals surface area contributed by atoms with Gasteiger partial charge in [-0.05, 0) is 47.9 Å². The van der Waals surface area contributed by atoms with Gasteiger partial charge in [-0.2, -0.15) is 0 Å². The number of carbonyl (C=O) groups is 3. The molecule has 0 saturated carbocycles. The molecule has 2 rings (SSSR count). The van der Waals surface area contributed by atoms with Gasteiger partial charge < -0.3 is 9.47 Å². The van der Waals surface area contributed by atoms with Crippen molar-refractivity contribution in [2.75, 3.05) is 0 Å². The molecule has 0 fully saturated rings. The molecule has 0 aliphatic rings. The molecule has 0 heterocycles. The summed E-state index contributed by atoms with van der Waals surface area (Å²) >= 11 is 5.93. The fourth-order valence-corrected chi connectivity index (χ4v) is 2.55. The van der Waals surface area contributed by atoms with Crippen molar-refractivity contribution < 1.29 is 23.9 Å². The second kappa shape index (κ2) is 9.69. The number of ketones is 1. The lowest BCUT2D eigenvalue weighted by Gasteiger charge is -2.09. The molecule has 0 atom stereocenters. The van der Waals surface area contributed by atoms with E-state index >= 15 is 0 Å². The van der Waals surface area contributed by atoms with Crippen LogP contribution in [0.5, 0.6) is 11.5 Å². The predicted octanol–water partition coefficient (Wildman–Crippen LogP) is 4.41. The summed E-state index contributed by atoms with van der Waals surface area (Å²) in [5.74, 6) is -0.855. The van der Waals surface area contributed by atoms with E-state index in [1.165, 1.54) is 32.1 Å². The van der Waals surface area contributed by atoms with Gasteiger partial charge in [-0.1, -0.05) is 35.9 Å². The van der Waals surface area contributed by atoms with Gasteiger partial charge in [0.05, 0.1) is 0 Å². The fourth-order valence-electron chi connectivity index (χ4n) is 2.33. The number of halogens is 1. The van der Waals surface area contributed by atoms with Crippen LogP contribution >= 0.6 is 11.6 Å². The minimum Gasteiger partial charge on any atom is -0.423 e. The average Bonchev–Trinajstić information content (AvgIpc) is 2.59. The van der Waals surface area contributed by atoms with Gasteiger partial charge in [-0.3, -0.25) is 14.4 Å². The molecular weight excluding hydrogens is 368 g/mol. The molecule has 0 unspecified atom stereocenters. The minimum atomic E-state index is -0.540. The summed E-state index contributed by atoms with van der Waals surface area (Å²) in [6.45, 7) is 2.50. The molecule has 0 spiro atoms. The summed E-state index contributed by atoms with van der Waals surface area (Å²) in [7, 11) is 0. The van der Waals surface area contributed by atoms with E-state index < -0.39 is 11.9 Å². The Labute approximate surface area is 162 Å². The van der Waals surface area contributed by atoms with Crippen LogP contribution in [-0.2, 0) is 20.8 Å². The number of carbonyl (C=O) groups excluding carboxylic acids is 3. The maximum absolute atomic E-state index is 12.1. The van der Waals surface area contributed by atoms with Crippen molar-refractivity contribution in [2.45, 2.75) is 26.7 Å². The SMILES string of the molecule is CC(=O)Oc1ccc(/C=C/C(=O)CCc2cccc(Cl)c2)cc1OC(C)=O. The number of ether oxygens (including phenoxy) is 2. The van der Waals surface area contributed by atoms with Crippen LogP contribution in [0.3, 0.4) is 0 Å². The summed E-state index contributed by atoms with van der Waals surface area (Å²) in [6.07, 6.45) is 4.01.